The van der Waals surface area contributed by atoms with Crippen molar-refractivity contribution in [3.63, 3.8) is 0 Å². The molecule has 4 heteroatoms. The van der Waals surface area contributed by atoms with E-state index in [1.165, 1.54) is 0 Å². The summed E-state index contributed by atoms with van der Waals surface area (Å²) in [6, 6.07) is 3.89. The summed E-state index contributed by atoms with van der Waals surface area (Å²) in [4.78, 5) is 0. The van der Waals surface area contributed by atoms with Crippen LogP contribution in [0.1, 0.15) is 37.3 Å². The summed E-state index contributed by atoms with van der Waals surface area (Å²) >= 11 is 0. The van der Waals surface area contributed by atoms with Crippen molar-refractivity contribution < 1.29 is 9.15 Å². The van der Waals surface area contributed by atoms with E-state index in [-0.39, 0.29) is 6.04 Å². The molecule has 4 nitrogen and oxygen atoms in total. The molecule has 1 atom stereocenters. The minimum Gasteiger partial charge on any atom is -0.501 e. The smallest absolute Gasteiger partial charge is 0.126 e. The first-order chi connectivity index (χ1) is 7.85. The highest BCUT2D eigenvalue weighted by atomic mass is 16.5. The maximum absolute atomic E-state index is 5.70. The van der Waals surface area contributed by atoms with Gasteiger partial charge < -0.3 is 9.15 Å². The Kier molecular flexibility index (Phi) is 3.64. The zero-order valence-electron chi connectivity index (χ0n) is 9.53. The van der Waals surface area contributed by atoms with E-state index in [9.17, 15) is 0 Å². The van der Waals surface area contributed by atoms with E-state index >= 15 is 0 Å². The summed E-state index contributed by atoms with van der Waals surface area (Å²) in [5.74, 6) is 7.42. The highest BCUT2D eigenvalue weighted by Crippen LogP contribution is 2.28. The van der Waals surface area contributed by atoms with Crippen LogP contribution in [0.3, 0.4) is 0 Å². The minimum atomic E-state index is -0.0689. The number of furan rings is 1. The van der Waals surface area contributed by atoms with Crippen LogP contribution in [-0.2, 0) is 11.2 Å². The van der Waals surface area contributed by atoms with Crippen molar-refractivity contribution in [3.8, 4) is 0 Å². The second-order valence-electron chi connectivity index (χ2n) is 3.92. The van der Waals surface area contributed by atoms with Crippen LogP contribution >= 0.6 is 0 Å². The summed E-state index contributed by atoms with van der Waals surface area (Å²) in [5, 5.41) is 0. The van der Waals surface area contributed by atoms with Crippen molar-refractivity contribution >= 4 is 0 Å². The van der Waals surface area contributed by atoms with Gasteiger partial charge >= 0.3 is 0 Å². The Labute approximate surface area is 95.4 Å². The Morgan fingerprint density at radius 2 is 2.38 bits per heavy atom. The summed E-state index contributed by atoms with van der Waals surface area (Å²) in [6.45, 7) is 2.86. The van der Waals surface area contributed by atoms with Crippen LogP contribution in [0.5, 0.6) is 0 Å². The van der Waals surface area contributed by atoms with Crippen molar-refractivity contribution in [2.75, 3.05) is 6.61 Å². The second-order valence-corrected chi connectivity index (χ2v) is 3.92. The molecular weight excluding hydrogens is 204 g/mol. The number of aryl methyl sites for hydroxylation is 1. The van der Waals surface area contributed by atoms with Gasteiger partial charge in [-0.05, 0) is 30.5 Å². The van der Waals surface area contributed by atoms with Crippen LogP contribution in [0.25, 0.3) is 0 Å². The molecule has 2 heterocycles. The lowest BCUT2D eigenvalue weighted by atomic mass is 10.0. The Hall–Kier alpha value is -1.26. The standard InChI is InChI=1S/C12H18N2O2/c1-2-10-5-6-11(16-10)12(14-13)9-4-3-7-15-8-9/h5-6,8,12,14H,2-4,7,13H2,1H3. The van der Waals surface area contributed by atoms with Crippen LogP contribution in [0.4, 0.5) is 0 Å². The van der Waals surface area contributed by atoms with Crippen molar-refractivity contribution in [1.29, 1.82) is 0 Å². The number of nitrogens with one attached hydrogen (secondary N) is 1. The van der Waals surface area contributed by atoms with E-state index in [1.807, 2.05) is 12.1 Å². The van der Waals surface area contributed by atoms with Gasteiger partial charge in [-0.25, -0.2) is 5.43 Å². The van der Waals surface area contributed by atoms with E-state index < -0.39 is 0 Å². The number of rotatable bonds is 4. The Morgan fingerprint density at radius 1 is 1.50 bits per heavy atom. The maximum Gasteiger partial charge on any atom is 0.126 e. The van der Waals surface area contributed by atoms with Gasteiger partial charge in [0, 0.05) is 6.42 Å². The van der Waals surface area contributed by atoms with Gasteiger partial charge in [-0.2, -0.15) is 0 Å². The topological polar surface area (TPSA) is 60.4 Å². The quantitative estimate of drug-likeness (QED) is 0.604. The van der Waals surface area contributed by atoms with Crippen molar-refractivity contribution in [2.45, 2.75) is 32.2 Å². The van der Waals surface area contributed by atoms with Crippen LogP contribution in [0.15, 0.2) is 28.4 Å². The molecule has 3 N–H and O–H groups in total. The van der Waals surface area contributed by atoms with Gasteiger partial charge in [-0.15, -0.1) is 0 Å². The van der Waals surface area contributed by atoms with E-state index in [0.29, 0.717) is 0 Å². The summed E-state index contributed by atoms with van der Waals surface area (Å²) in [6.07, 6.45) is 4.72. The van der Waals surface area contributed by atoms with Crippen LogP contribution in [-0.4, -0.2) is 6.61 Å². The van der Waals surface area contributed by atoms with E-state index in [4.69, 9.17) is 15.0 Å². The van der Waals surface area contributed by atoms with Gasteiger partial charge in [0.25, 0.3) is 0 Å². The largest absolute Gasteiger partial charge is 0.501 e. The number of nitrogens with two attached hydrogens (primary N) is 1. The number of hydrogen-bond donors (Lipinski definition) is 2. The molecule has 0 radical (unpaired) electrons. The lowest BCUT2D eigenvalue weighted by Crippen LogP contribution is -2.30. The third-order valence-corrected chi connectivity index (χ3v) is 2.82. The third-order valence-electron chi connectivity index (χ3n) is 2.82. The fraction of sp³-hybridized carbons (Fsp3) is 0.500. The first-order valence-electron chi connectivity index (χ1n) is 5.70. The summed E-state index contributed by atoms with van der Waals surface area (Å²) < 4.78 is 11.0. The lowest BCUT2D eigenvalue weighted by molar-refractivity contribution is 0.217. The van der Waals surface area contributed by atoms with Gasteiger partial charge in [0.15, 0.2) is 0 Å². The molecule has 0 amide bonds. The van der Waals surface area contributed by atoms with Gasteiger partial charge in [0.05, 0.1) is 12.9 Å². The molecule has 1 aliphatic rings. The van der Waals surface area contributed by atoms with Crippen molar-refractivity contribution in [1.82, 2.24) is 5.43 Å². The molecule has 16 heavy (non-hydrogen) atoms. The van der Waals surface area contributed by atoms with E-state index in [0.717, 1.165) is 43.0 Å². The molecule has 2 rings (SSSR count). The Bertz CT molecular complexity index is 371. The number of hydrazine groups is 1. The normalized spacial score (nSPS) is 17.8. The molecule has 0 saturated heterocycles. The molecular formula is C12H18N2O2. The maximum atomic E-state index is 5.70. The van der Waals surface area contributed by atoms with Crippen LogP contribution in [0, 0.1) is 0 Å². The zero-order valence-corrected chi connectivity index (χ0v) is 9.53. The third kappa shape index (κ3) is 2.28. The molecule has 1 unspecified atom stereocenters. The SMILES string of the molecule is CCc1ccc(C(NN)C2=COCCC2)o1. The molecule has 0 bridgehead atoms. The van der Waals surface area contributed by atoms with Gasteiger partial charge in [-0.3, -0.25) is 5.84 Å². The van der Waals surface area contributed by atoms with Gasteiger partial charge in [-0.1, -0.05) is 6.92 Å². The number of ether oxygens (including phenoxy) is 1. The molecule has 1 aliphatic heterocycles. The van der Waals surface area contributed by atoms with Crippen molar-refractivity contribution in [3.05, 3.63) is 35.5 Å². The fourth-order valence-electron chi connectivity index (χ4n) is 1.91. The second kappa shape index (κ2) is 5.18. The average Bonchev–Trinajstić information content (AvgIpc) is 2.80. The highest BCUT2D eigenvalue weighted by molar-refractivity contribution is 5.21. The first kappa shape index (κ1) is 11.2. The van der Waals surface area contributed by atoms with Crippen LogP contribution in [0.2, 0.25) is 0 Å². The lowest BCUT2D eigenvalue weighted by Gasteiger charge is -2.20. The monoisotopic (exact) mass is 222 g/mol. The van der Waals surface area contributed by atoms with Gasteiger partial charge in [0.1, 0.15) is 17.6 Å². The summed E-state index contributed by atoms with van der Waals surface area (Å²) in [7, 11) is 0. The first-order valence-corrected chi connectivity index (χ1v) is 5.70. The molecule has 0 saturated carbocycles. The molecule has 0 aromatic carbocycles. The highest BCUT2D eigenvalue weighted by Gasteiger charge is 2.20. The van der Waals surface area contributed by atoms with E-state index in [2.05, 4.69) is 12.3 Å². The molecule has 1 aromatic rings. The van der Waals surface area contributed by atoms with Crippen molar-refractivity contribution in [2.24, 2.45) is 5.84 Å². The molecule has 0 spiro atoms. The summed E-state index contributed by atoms with van der Waals surface area (Å²) in [5.41, 5.74) is 3.93. The predicted molar refractivity (Wildman–Crippen MR) is 61.4 cm³/mol. The predicted octanol–water partition coefficient (Wildman–Crippen LogP) is 2.04. The zero-order chi connectivity index (χ0) is 11.4. The minimum absolute atomic E-state index is 0.0689. The molecule has 0 fully saturated rings. The Balaban J connectivity index is 2.17. The molecule has 88 valence electrons. The molecule has 1 aromatic heterocycles. The van der Waals surface area contributed by atoms with E-state index in [1.54, 1.807) is 6.26 Å². The fourth-order valence-corrected chi connectivity index (χ4v) is 1.91. The van der Waals surface area contributed by atoms with Gasteiger partial charge in [0.2, 0.25) is 0 Å². The Morgan fingerprint density at radius 3 is 2.94 bits per heavy atom. The molecule has 0 aliphatic carbocycles. The average molecular weight is 222 g/mol. The number of hydrogen-bond acceptors (Lipinski definition) is 4. The van der Waals surface area contributed by atoms with Crippen LogP contribution < -0.4 is 11.3 Å².